The van der Waals surface area contributed by atoms with E-state index < -0.39 is 0 Å². The van der Waals surface area contributed by atoms with Gasteiger partial charge in [-0.1, -0.05) is 5.16 Å². The van der Waals surface area contributed by atoms with E-state index in [-0.39, 0.29) is 11.7 Å². The number of nitrogens with one attached hydrogen (secondary N) is 1. The first-order valence-corrected chi connectivity index (χ1v) is 4.43. The van der Waals surface area contributed by atoms with Crippen molar-refractivity contribution in [3.05, 3.63) is 11.7 Å². The van der Waals surface area contributed by atoms with Gasteiger partial charge in [-0.2, -0.15) is 4.98 Å². The van der Waals surface area contributed by atoms with E-state index in [4.69, 9.17) is 4.52 Å². The average molecular weight is 181 g/mol. The zero-order chi connectivity index (χ0) is 9.26. The molecule has 1 aromatic heterocycles. The van der Waals surface area contributed by atoms with Crippen LogP contribution in [0, 0.1) is 0 Å². The third-order valence-corrected chi connectivity index (χ3v) is 1.91. The first-order chi connectivity index (χ1) is 6.31. The van der Waals surface area contributed by atoms with Crippen LogP contribution in [0.25, 0.3) is 0 Å². The zero-order valence-electron chi connectivity index (χ0n) is 7.41. The Balaban J connectivity index is 2.07. The third kappa shape index (κ3) is 1.68. The Bertz CT molecular complexity index is 317. The van der Waals surface area contributed by atoms with Crippen molar-refractivity contribution < 1.29 is 9.32 Å². The van der Waals surface area contributed by atoms with Crippen LogP contribution in [0.4, 0.5) is 0 Å². The summed E-state index contributed by atoms with van der Waals surface area (Å²) in [5.74, 6) is 0.874. The van der Waals surface area contributed by atoms with E-state index in [0.717, 1.165) is 12.8 Å². The van der Waals surface area contributed by atoms with Crippen molar-refractivity contribution in [3.8, 4) is 0 Å². The van der Waals surface area contributed by atoms with Gasteiger partial charge in [-0.25, -0.2) is 0 Å². The van der Waals surface area contributed by atoms with Crippen LogP contribution in [0.15, 0.2) is 4.52 Å². The molecule has 1 fully saturated rings. The summed E-state index contributed by atoms with van der Waals surface area (Å²) < 4.78 is 4.93. The topological polar surface area (TPSA) is 68.0 Å². The summed E-state index contributed by atoms with van der Waals surface area (Å²) in [5, 5.41) is 6.21. The molecule has 0 atom stereocenters. The number of hydrogen-bond acceptors (Lipinski definition) is 4. The van der Waals surface area contributed by atoms with Crippen LogP contribution >= 0.6 is 0 Å². The van der Waals surface area contributed by atoms with Gasteiger partial charge in [0.15, 0.2) is 0 Å². The molecule has 0 bridgehead atoms. The SMILES string of the molecule is CCNC(=O)c1noc(C2CC2)n1. The summed E-state index contributed by atoms with van der Waals surface area (Å²) in [6, 6.07) is 0. The highest BCUT2D eigenvalue weighted by Crippen LogP contribution is 2.38. The van der Waals surface area contributed by atoms with Crippen LogP contribution in [0.5, 0.6) is 0 Å². The molecule has 1 aliphatic carbocycles. The fourth-order valence-electron chi connectivity index (χ4n) is 1.06. The van der Waals surface area contributed by atoms with Gasteiger partial charge < -0.3 is 9.84 Å². The first kappa shape index (κ1) is 8.22. The Morgan fingerprint density at radius 3 is 3.08 bits per heavy atom. The molecular formula is C8H11N3O2. The molecule has 0 spiro atoms. The number of amides is 1. The summed E-state index contributed by atoms with van der Waals surface area (Å²) in [4.78, 5) is 15.2. The highest BCUT2D eigenvalue weighted by Gasteiger charge is 2.30. The molecule has 1 aliphatic rings. The number of rotatable bonds is 3. The predicted octanol–water partition coefficient (Wildman–Crippen LogP) is 0.697. The molecule has 5 heteroatoms. The van der Waals surface area contributed by atoms with Gasteiger partial charge in [-0.3, -0.25) is 4.79 Å². The monoisotopic (exact) mass is 181 g/mol. The van der Waals surface area contributed by atoms with Crippen LogP contribution in [-0.4, -0.2) is 22.6 Å². The van der Waals surface area contributed by atoms with Crippen molar-refractivity contribution in [2.24, 2.45) is 0 Å². The Morgan fingerprint density at radius 1 is 1.69 bits per heavy atom. The minimum atomic E-state index is -0.266. The molecule has 1 aromatic rings. The second-order valence-corrected chi connectivity index (χ2v) is 3.09. The molecule has 2 rings (SSSR count). The summed E-state index contributed by atoms with van der Waals surface area (Å²) >= 11 is 0. The van der Waals surface area contributed by atoms with Crippen molar-refractivity contribution >= 4 is 5.91 Å². The molecule has 5 nitrogen and oxygen atoms in total. The van der Waals surface area contributed by atoms with Crippen molar-refractivity contribution in [3.63, 3.8) is 0 Å². The van der Waals surface area contributed by atoms with Gasteiger partial charge in [0.2, 0.25) is 5.89 Å². The molecule has 1 N–H and O–H groups in total. The van der Waals surface area contributed by atoms with Crippen molar-refractivity contribution in [2.75, 3.05) is 6.54 Å². The lowest BCUT2D eigenvalue weighted by atomic mass is 10.4. The zero-order valence-corrected chi connectivity index (χ0v) is 7.41. The third-order valence-electron chi connectivity index (χ3n) is 1.91. The maximum absolute atomic E-state index is 11.2. The summed E-state index contributed by atoms with van der Waals surface area (Å²) in [6.45, 7) is 2.42. The smallest absolute Gasteiger partial charge is 0.292 e. The summed E-state index contributed by atoms with van der Waals surface area (Å²) in [6.07, 6.45) is 2.19. The van der Waals surface area contributed by atoms with Gasteiger partial charge >= 0.3 is 0 Å². The van der Waals surface area contributed by atoms with Crippen molar-refractivity contribution in [1.29, 1.82) is 0 Å². The van der Waals surface area contributed by atoms with E-state index in [1.165, 1.54) is 0 Å². The number of carbonyl (C=O) groups excluding carboxylic acids is 1. The van der Waals surface area contributed by atoms with Gasteiger partial charge in [-0.15, -0.1) is 0 Å². The minimum Gasteiger partial charge on any atom is -0.349 e. The summed E-state index contributed by atoms with van der Waals surface area (Å²) in [5.41, 5.74) is 0. The highest BCUT2D eigenvalue weighted by molar-refractivity contribution is 5.90. The second kappa shape index (κ2) is 3.16. The summed E-state index contributed by atoms with van der Waals surface area (Å²) in [7, 11) is 0. The Labute approximate surface area is 75.5 Å². The normalized spacial score (nSPS) is 15.8. The molecule has 70 valence electrons. The van der Waals surface area contributed by atoms with E-state index >= 15 is 0 Å². The Hall–Kier alpha value is -1.39. The fraction of sp³-hybridized carbons (Fsp3) is 0.625. The maximum Gasteiger partial charge on any atom is 0.292 e. The van der Waals surface area contributed by atoms with E-state index in [1.807, 2.05) is 6.92 Å². The number of nitrogens with zero attached hydrogens (tertiary/aromatic N) is 2. The second-order valence-electron chi connectivity index (χ2n) is 3.09. The molecule has 13 heavy (non-hydrogen) atoms. The van der Waals surface area contributed by atoms with Crippen LogP contribution in [-0.2, 0) is 0 Å². The molecule has 0 radical (unpaired) electrons. The molecule has 0 unspecified atom stereocenters. The first-order valence-electron chi connectivity index (χ1n) is 4.43. The van der Waals surface area contributed by atoms with E-state index in [1.54, 1.807) is 0 Å². The fourth-order valence-corrected chi connectivity index (χ4v) is 1.06. The number of carbonyl (C=O) groups is 1. The maximum atomic E-state index is 11.2. The van der Waals surface area contributed by atoms with Gasteiger partial charge in [-0.05, 0) is 19.8 Å². The lowest BCUT2D eigenvalue weighted by molar-refractivity contribution is 0.0942. The van der Waals surface area contributed by atoms with Crippen LogP contribution in [0.2, 0.25) is 0 Å². The molecule has 0 aliphatic heterocycles. The van der Waals surface area contributed by atoms with Crippen molar-refractivity contribution in [2.45, 2.75) is 25.7 Å². The van der Waals surface area contributed by atoms with Crippen molar-refractivity contribution in [1.82, 2.24) is 15.5 Å². The Kier molecular flexibility index (Phi) is 2.00. The standard InChI is InChI=1S/C8H11N3O2/c1-2-9-7(12)6-10-8(13-11-6)5-3-4-5/h5H,2-4H2,1H3,(H,9,12). The average Bonchev–Trinajstić information content (AvgIpc) is 2.84. The quantitative estimate of drug-likeness (QED) is 0.745. The highest BCUT2D eigenvalue weighted by atomic mass is 16.5. The van der Waals surface area contributed by atoms with Gasteiger partial charge in [0, 0.05) is 12.5 Å². The number of aromatic nitrogens is 2. The van der Waals surface area contributed by atoms with Gasteiger partial charge in [0.05, 0.1) is 0 Å². The predicted molar refractivity (Wildman–Crippen MR) is 44.3 cm³/mol. The number of hydrogen-bond donors (Lipinski definition) is 1. The van der Waals surface area contributed by atoms with Crippen LogP contribution in [0.3, 0.4) is 0 Å². The largest absolute Gasteiger partial charge is 0.349 e. The lowest BCUT2D eigenvalue weighted by Crippen LogP contribution is -2.23. The van der Waals surface area contributed by atoms with Gasteiger partial charge in [0.25, 0.3) is 11.7 Å². The molecule has 1 heterocycles. The minimum absolute atomic E-state index is 0.142. The van der Waals surface area contributed by atoms with E-state index in [9.17, 15) is 4.79 Å². The molecular weight excluding hydrogens is 170 g/mol. The lowest BCUT2D eigenvalue weighted by Gasteiger charge is -1.93. The van der Waals surface area contributed by atoms with E-state index in [2.05, 4.69) is 15.5 Å². The molecule has 0 aromatic carbocycles. The van der Waals surface area contributed by atoms with E-state index in [0.29, 0.717) is 18.4 Å². The molecule has 1 amide bonds. The molecule has 0 saturated heterocycles. The molecule has 1 saturated carbocycles. The van der Waals surface area contributed by atoms with Crippen LogP contribution < -0.4 is 5.32 Å². The van der Waals surface area contributed by atoms with Gasteiger partial charge in [0.1, 0.15) is 0 Å². The van der Waals surface area contributed by atoms with Crippen LogP contribution in [0.1, 0.15) is 42.2 Å². The Morgan fingerprint density at radius 2 is 2.46 bits per heavy atom.